The molecule has 0 fully saturated rings. The van der Waals surface area contributed by atoms with Gasteiger partial charge < -0.3 is 10.3 Å². The molecule has 0 aliphatic heterocycles. The van der Waals surface area contributed by atoms with Crippen molar-refractivity contribution in [3.05, 3.63) is 35.9 Å². The molecule has 14 heavy (non-hydrogen) atoms. The van der Waals surface area contributed by atoms with Crippen LogP contribution in [-0.2, 0) is 6.54 Å². The number of pyridine rings is 1. The van der Waals surface area contributed by atoms with Crippen LogP contribution in [0.2, 0.25) is 0 Å². The average molecular weight is 193 g/mol. The summed E-state index contributed by atoms with van der Waals surface area (Å²) in [6.07, 6.45) is 1.12. The van der Waals surface area contributed by atoms with Gasteiger partial charge in [-0.1, -0.05) is 5.16 Å². The predicted molar refractivity (Wildman–Crippen MR) is 47.6 cm³/mol. The summed E-state index contributed by atoms with van der Waals surface area (Å²) in [7, 11) is 0. The van der Waals surface area contributed by atoms with Gasteiger partial charge in [0.05, 0.1) is 11.9 Å². The molecule has 0 bridgehead atoms. The largest absolute Gasteiger partial charge is 0.354 e. The van der Waals surface area contributed by atoms with Gasteiger partial charge in [0.2, 0.25) is 0 Å². The van der Waals surface area contributed by atoms with Crippen LogP contribution in [0.5, 0.6) is 0 Å². The molecule has 5 heteroatoms. The number of nitrogens with two attached hydrogens (primary N) is 1. The van der Waals surface area contributed by atoms with Crippen molar-refractivity contribution < 1.29 is 8.91 Å². The van der Waals surface area contributed by atoms with E-state index in [-0.39, 0.29) is 5.82 Å². The summed E-state index contributed by atoms with van der Waals surface area (Å²) in [6.45, 7) is 0.310. The highest BCUT2D eigenvalue weighted by molar-refractivity contribution is 5.51. The van der Waals surface area contributed by atoms with Crippen LogP contribution in [0.4, 0.5) is 4.39 Å². The van der Waals surface area contributed by atoms with E-state index in [0.29, 0.717) is 23.7 Å². The molecule has 0 saturated carbocycles. The Bertz CT molecular complexity index is 424. The fourth-order valence-electron chi connectivity index (χ4n) is 1.05. The molecule has 0 aromatic carbocycles. The lowest BCUT2D eigenvalue weighted by Gasteiger charge is -1.92. The number of rotatable bonds is 2. The fourth-order valence-corrected chi connectivity index (χ4v) is 1.05. The van der Waals surface area contributed by atoms with Crippen molar-refractivity contribution in [3.63, 3.8) is 0 Å². The molecule has 2 rings (SSSR count). The molecule has 0 atom stereocenters. The summed E-state index contributed by atoms with van der Waals surface area (Å²) in [5.74, 6) is 0.109. The minimum atomic E-state index is -0.382. The third-order valence-electron chi connectivity index (χ3n) is 1.75. The molecule has 72 valence electrons. The van der Waals surface area contributed by atoms with Crippen LogP contribution in [0.1, 0.15) is 5.69 Å². The van der Waals surface area contributed by atoms with Gasteiger partial charge in [0.1, 0.15) is 11.5 Å². The maximum absolute atomic E-state index is 12.5. The van der Waals surface area contributed by atoms with Crippen LogP contribution in [0.15, 0.2) is 28.9 Å². The fraction of sp³-hybridized carbons (Fsp3) is 0.111. The Kier molecular flexibility index (Phi) is 2.24. The Morgan fingerprint density at radius 1 is 1.43 bits per heavy atom. The molecule has 0 unspecified atom stereocenters. The van der Waals surface area contributed by atoms with Crippen molar-refractivity contribution in [3.8, 4) is 11.5 Å². The van der Waals surface area contributed by atoms with Crippen molar-refractivity contribution >= 4 is 0 Å². The standard InChI is InChI=1S/C9H8FN3O/c10-6-1-2-8(12-5-6)9-3-7(4-11)13-14-9/h1-3,5H,4,11H2. The van der Waals surface area contributed by atoms with E-state index in [1.807, 2.05) is 0 Å². The predicted octanol–water partition coefficient (Wildman–Crippen LogP) is 1.33. The van der Waals surface area contributed by atoms with Crippen molar-refractivity contribution in [2.45, 2.75) is 6.54 Å². The lowest BCUT2D eigenvalue weighted by molar-refractivity contribution is 0.422. The Labute approximate surface area is 79.5 Å². The Hall–Kier alpha value is -1.75. The van der Waals surface area contributed by atoms with Crippen LogP contribution in [-0.4, -0.2) is 10.1 Å². The summed E-state index contributed by atoms with van der Waals surface area (Å²) in [5, 5.41) is 3.70. The highest BCUT2D eigenvalue weighted by atomic mass is 19.1. The van der Waals surface area contributed by atoms with Crippen molar-refractivity contribution in [1.82, 2.24) is 10.1 Å². The first kappa shape index (κ1) is 8.83. The number of nitrogens with zero attached hydrogens (tertiary/aromatic N) is 2. The van der Waals surface area contributed by atoms with E-state index in [0.717, 1.165) is 6.20 Å². The Morgan fingerprint density at radius 2 is 2.29 bits per heavy atom. The second-order valence-electron chi connectivity index (χ2n) is 2.75. The number of hydrogen-bond acceptors (Lipinski definition) is 4. The first-order chi connectivity index (χ1) is 6.79. The van der Waals surface area contributed by atoms with Gasteiger partial charge in [0, 0.05) is 12.6 Å². The second kappa shape index (κ2) is 3.55. The number of aromatic nitrogens is 2. The molecule has 0 aliphatic carbocycles. The van der Waals surface area contributed by atoms with E-state index in [4.69, 9.17) is 10.3 Å². The summed E-state index contributed by atoms with van der Waals surface area (Å²) >= 11 is 0. The molecule has 2 aromatic rings. The van der Waals surface area contributed by atoms with E-state index in [9.17, 15) is 4.39 Å². The van der Waals surface area contributed by atoms with Gasteiger partial charge in [-0.2, -0.15) is 0 Å². The molecular formula is C9H8FN3O. The molecule has 2 aromatic heterocycles. The molecule has 0 amide bonds. The van der Waals surface area contributed by atoms with Gasteiger partial charge in [0.15, 0.2) is 5.76 Å². The van der Waals surface area contributed by atoms with Gasteiger partial charge >= 0.3 is 0 Å². The van der Waals surface area contributed by atoms with Crippen LogP contribution in [0, 0.1) is 5.82 Å². The lowest BCUT2D eigenvalue weighted by atomic mass is 10.2. The van der Waals surface area contributed by atoms with E-state index < -0.39 is 0 Å². The molecule has 0 saturated heterocycles. The zero-order valence-corrected chi connectivity index (χ0v) is 7.27. The molecule has 0 spiro atoms. The molecule has 4 nitrogen and oxygen atoms in total. The van der Waals surface area contributed by atoms with Crippen LogP contribution >= 0.6 is 0 Å². The highest BCUT2D eigenvalue weighted by Crippen LogP contribution is 2.17. The van der Waals surface area contributed by atoms with Crippen molar-refractivity contribution in [1.29, 1.82) is 0 Å². The van der Waals surface area contributed by atoms with Crippen LogP contribution in [0.25, 0.3) is 11.5 Å². The molecule has 0 aliphatic rings. The van der Waals surface area contributed by atoms with Gasteiger partial charge in [-0.3, -0.25) is 0 Å². The van der Waals surface area contributed by atoms with E-state index >= 15 is 0 Å². The third kappa shape index (κ3) is 1.62. The maximum atomic E-state index is 12.5. The summed E-state index contributed by atoms with van der Waals surface area (Å²) in [4.78, 5) is 3.85. The SMILES string of the molecule is NCc1cc(-c2ccc(F)cn2)on1. The zero-order valence-electron chi connectivity index (χ0n) is 7.27. The molecule has 0 radical (unpaired) electrons. The number of halogens is 1. The monoisotopic (exact) mass is 193 g/mol. The maximum Gasteiger partial charge on any atom is 0.185 e. The topological polar surface area (TPSA) is 64.9 Å². The average Bonchev–Trinajstić information content (AvgIpc) is 2.67. The van der Waals surface area contributed by atoms with Crippen LogP contribution in [0.3, 0.4) is 0 Å². The van der Waals surface area contributed by atoms with Crippen molar-refractivity contribution in [2.75, 3.05) is 0 Å². The molecule has 2 heterocycles. The van der Waals surface area contributed by atoms with Gasteiger partial charge in [-0.05, 0) is 12.1 Å². The lowest BCUT2D eigenvalue weighted by Crippen LogP contribution is -1.94. The van der Waals surface area contributed by atoms with E-state index in [2.05, 4.69) is 10.1 Å². The van der Waals surface area contributed by atoms with Crippen LogP contribution < -0.4 is 5.73 Å². The highest BCUT2D eigenvalue weighted by Gasteiger charge is 2.06. The summed E-state index contributed by atoms with van der Waals surface area (Å²) < 4.78 is 17.5. The summed E-state index contributed by atoms with van der Waals surface area (Å²) in [6, 6.07) is 4.52. The molecular weight excluding hydrogens is 185 g/mol. The zero-order chi connectivity index (χ0) is 9.97. The van der Waals surface area contributed by atoms with Gasteiger partial charge in [0.25, 0.3) is 0 Å². The van der Waals surface area contributed by atoms with Gasteiger partial charge in [-0.25, -0.2) is 9.37 Å². The first-order valence-corrected chi connectivity index (χ1v) is 4.07. The van der Waals surface area contributed by atoms with E-state index in [1.165, 1.54) is 12.1 Å². The summed E-state index contributed by atoms with van der Waals surface area (Å²) in [5.41, 5.74) is 6.55. The first-order valence-electron chi connectivity index (χ1n) is 4.07. The normalized spacial score (nSPS) is 10.4. The Morgan fingerprint density at radius 3 is 2.86 bits per heavy atom. The van der Waals surface area contributed by atoms with E-state index in [1.54, 1.807) is 6.07 Å². The van der Waals surface area contributed by atoms with Gasteiger partial charge in [-0.15, -0.1) is 0 Å². The minimum absolute atomic E-state index is 0.310. The quantitative estimate of drug-likeness (QED) is 0.781. The minimum Gasteiger partial charge on any atom is -0.354 e. The Balaban J connectivity index is 2.34. The third-order valence-corrected chi connectivity index (χ3v) is 1.75. The molecule has 2 N–H and O–H groups in total. The number of hydrogen-bond donors (Lipinski definition) is 1. The van der Waals surface area contributed by atoms with Crippen molar-refractivity contribution in [2.24, 2.45) is 5.73 Å². The smallest absolute Gasteiger partial charge is 0.185 e. The second-order valence-corrected chi connectivity index (χ2v) is 2.75.